The molecule has 50 valence electrons. The van der Waals surface area contributed by atoms with Crippen LogP contribution in [0.25, 0.3) is 0 Å². The van der Waals surface area contributed by atoms with Crippen molar-refractivity contribution in [3.63, 3.8) is 0 Å². The Morgan fingerprint density at radius 3 is 0.500 bits per heavy atom. The smallest absolute Gasteiger partial charge is 0 e. The second-order valence-corrected chi connectivity index (χ2v) is 0. The fourth-order valence-electron chi connectivity index (χ4n) is 0. The van der Waals surface area contributed by atoms with Crippen molar-refractivity contribution in [1.29, 1.82) is 0 Å². The van der Waals surface area contributed by atoms with E-state index >= 15 is 0 Å². The quantitative estimate of drug-likeness (QED) is 0.390. The summed E-state index contributed by atoms with van der Waals surface area (Å²) in [5.41, 5.74) is 0. The van der Waals surface area contributed by atoms with Gasteiger partial charge in [0.1, 0.15) is 0 Å². The minimum Gasteiger partial charge on any atom is -0.412 e. The Morgan fingerprint density at radius 1 is 0.500 bits per heavy atom. The average molecular weight is 193 g/mol. The summed E-state index contributed by atoms with van der Waals surface area (Å²) >= 11 is 0. The van der Waals surface area contributed by atoms with Crippen LogP contribution in [0, 0.1) is 0 Å². The summed E-state index contributed by atoms with van der Waals surface area (Å²) in [4.78, 5) is 0. The van der Waals surface area contributed by atoms with Crippen molar-refractivity contribution in [2.45, 2.75) is 0 Å². The average Bonchev–Trinajstić information content (AvgIpc) is 0. The zero-order chi connectivity index (χ0) is 0. The SMILES string of the molecule is N.N.N.N.O.[Pd]. The molecule has 0 aliphatic rings. The topological polar surface area (TPSA) is 172 Å². The molecule has 0 rings (SSSR count). The van der Waals surface area contributed by atoms with Crippen molar-refractivity contribution >= 4 is 0 Å². The molecule has 5 nitrogen and oxygen atoms in total. The van der Waals surface area contributed by atoms with Crippen LogP contribution in [0.15, 0.2) is 0 Å². The minimum atomic E-state index is 0. The van der Waals surface area contributed by atoms with Gasteiger partial charge in [-0.05, 0) is 0 Å². The third-order valence-corrected chi connectivity index (χ3v) is 0. The van der Waals surface area contributed by atoms with Crippen molar-refractivity contribution in [3.05, 3.63) is 0 Å². The van der Waals surface area contributed by atoms with Gasteiger partial charge in [-0.1, -0.05) is 0 Å². The summed E-state index contributed by atoms with van der Waals surface area (Å²) in [5, 5.41) is 0. The molecular weight excluding hydrogens is 178 g/mol. The van der Waals surface area contributed by atoms with E-state index in [-0.39, 0.29) is 50.5 Å². The Bertz CT molecular complexity index is 7.51. The van der Waals surface area contributed by atoms with Crippen LogP contribution in [0.5, 0.6) is 0 Å². The van der Waals surface area contributed by atoms with E-state index in [1.54, 1.807) is 0 Å². The van der Waals surface area contributed by atoms with Gasteiger partial charge >= 0.3 is 0 Å². The third kappa shape index (κ3) is 250. The Kier molecular flexibility index (Phi) is 76500. The van der Waals surface area contributed by atoms with Gasteiger partial charge in [-0.2, -0.15) is 0 Å². The van der Waals surface area contributed by atoms with Gasteiger partial charge in [0, 0.05) is 20.4 Å². The summed E-state index contributed by atoms with van der Waals surface area (Å²) in [6.45, 7) is 0. The first-order chi connectivity index (χ1) is 0. The van der Waals surface area contributed by atoms with E-state index in [9.17, 15) is 0 Å². The molecule has 0 aromatic carbocycles. The molecule has 14 N–H and O–H groups in total. The zero-order valence-corrected chi connectivity index (χ0v) is 5.20. The van der Waals surface area contributed by atoms with Crippen molar-refractivity contribution in [2.75, 3.05) is 0 Å². The molecule has 6 heteroatoms. The van der Waals surface area contributed by atoms with E-state index in [4.69, 9.17) is 0 Å². The first kappa shape index (κ1) is 902. The van der Waals surface area contributed by atoms with Crippen molar-refractivity contribution < 1.29 is 25.9 Å². The van der Waals surface area contributed by atoms with Crippen LogP contribution in [0.1, 0.15) is 0 Å². The maximum absolute atomic E-state index is 0. The van der Waals surface area contributed by atoms with Gasteiger partial charge < -0.3 is 30.1 Å². The molecule has 0 radical (unpaired) electrons. The second-order valence-electron chi connectivity index (χ2n) is 0. The summed E-state index contributed by atoms with van der Waals surface area (Å²) in [7, 11) is 0. The van der Waals surface area contributed by atoms with E-state index in [0.29, 0.717) is 0 Å². The molecule has 6 heavy (non-hydrogen) atoms. The van der Waals surface area contributed by atoms with E-state index in [2.05, 4.69) is 0 Å². The molecule has 0 heterocycles. The Balaban J connectivity index is 0. The van der Waals surface area contributed by atoms with Gasteiger partial charge in [0.15, 0.2) is 0 Å². The molecule has 0 aliphatic carbocycles. The predicted octanol–water partition coefficient (Wildman–Crippen LogP) is -0.179. The van der Waals surface area contributed by atoms with E-state index in [1.807, 2.05) is 0 Å². The Hall–Kier alpha value is 0.462. The molecule has 0 atom stereocenters. The number of hydrogen-bond acceptors (Lipinski definition) is 4. The molecule has 0 aromatic rings. The molecule has 0 aliphatic heterocycles. The van der Waals surface area contributed by atoms with Gasteiger partial charge in [0.05, 0.1) is 0 Å². The Labute approximate surface area is 51.2 Å². The molecule has 0 aromatic heterocycles. The third-order valence-electron chi connectivity index (χ3n) is 0. The summed E-state index contributed by atoms with van der Waals surface area (Å²) in [5.74, 6) is 0. The largest absolute Gasteiger partial charge is 0.412 e. The standard InChI is InChI=1S/4H3N.H2O.Pd/h4*1H3;1H2;. The number of hydrogen-bond donors (Lipinski definition) is 4. The van der Waals surface area contributed by atoms with Crippen LogP contribution in [-0.4, -0.2) is 5.48 Å². The van der Waals surface area contributed by atoms with Crippen molar-refractivity contribution in [1.82, 2.24) is 24.6 Å². The number of rotatable bonds is 0. The van der Waals surface area contributed by atoms with Crippen LogP contribution < -0.4 is 24.6 Å². The van der Waals surface area contributed by atoms with Gasteiger partial charge in [0.2, 0.25) is 0 Å². The monoisotopic (exact) mass is 192 g/mol. The fraction of sp³-hybridized carbons (Fsp3) is 0. The second kappa shape index (κ2) is 509. The minimum absolute atomic E-state index is 0. The van der Waals surface area contributed by atoms with E-state index in [1.165, 1.54) is 0 Å². The van der Waals surface area contributed by atoms with Crippen molar-refractivity contribution in [2.24, 2.45) is 0 Å². The molecule has 0 bridgehead atoms. The maximum atomic E-state index is 0. The first-order valence-electron chi connectivity index (χ1n) is 0. The fourth-order valence-corrected chi connectivity index (χ4v) is 0. The van der Waals surface area contributed by atoms with Crippen LogP contribution >= 0.6 is 0 Å². The van der Waals surface area contributed by atoms with Gasteiger partial charge in [-0.25, -0.2) is 0 Å². The van der Waals surface area contributed by atoms with Gasteiger partial charge in [0.25, 0.3) is 0 Å². The molecule has 0 saturated heterocycles. The van der Waals surface area contributed by atoms with Crippen molar-refractivity contribution in [3.8, 4) is 0 Å². The van der Waals surface area contributed by atoms with Crippen LogP contribution in [0.3, 0.4) is 0 Å². The molecule has 0 unspecified atom stereocenters. The summed E-state index contributed by atoms with van der Waals surface area (Å²) in [6.07, 6.45) is 0. The molecule has 0 saturated carbocycles. The van der Waals surface area contributed by atoms with E-state index in [0.717, 1.165) is 0 Å². The molecular formula is H14N4OPd. The first-order valence-corrected chi connectivity index (χ1v) is 0. The normalized spacial score (nSPS) is 0. The summed E-state index contributed by atoms with van der Waals surface area (Å²) < 4.78 is 0. The molecule has 0 fully saturated rings. The Morgan fingerprint density at radius 2 is 0.500 bits per heavy atom. The van der Waals surface area contributed by atoms with Gasteiger partial charge in [-0.3, -0.25) is 0 Å². The van der Waals surface area contributed by atoms with Gasteiger partial charge in [-0.15, -0.1) is 0 Å². The predicted molar refractivity (Wildman–Crippen MR) is 23.7 cm³/mol. The molecule has 0 spiro atoms. The van der Waals surface area contributed by atoms with E-state index < -0.39 is 0 Å². The van der Waals surface area contributed by atoms with Crippen LogP contribution in [0.4, 0.5) is 0 Å². The van der Waals surface area contributed by atoms with Crippen LogP contribution in [-0.2, 0) is 20.4 Å². The zero-order valence-electron chi connectivity index (χ0n) is 3.64. The summed E-state index contributed by atoms with van der Waals surface area (Å²) in [6, 6.07) is 0. The van der Waals surface area contributed by atoms with Crippen LogP contribution in [0.2, 0.25) is 0 Å². The maximum Gasteiger partial charge on any atom is 0 e. The molecule has 0 amide bonds.